The molecule has 1 aliphatic rings. The zero-order valence-electron chi connectivity index (χ0n) is 16.5. The highest BCUT2D eigenvalue weighted by Crippen LogP contribution is 2.49. The fraction of sp³-hybridized carbons (Fsp3) is 0.300. The summed E-state index contributed by atoms with van der Waals surface area (Å²) >= 11 is 0. The Balaban J connectivity index is 1.77. The fourth-order valence-electron chi connectivity index (χ4n) is 3.90. The molecule has 3 heterocycles. The lowest BCUT2D eigenvalue weighted by Crippen LogP contribution is -2.16. The van der Waals surface area contributed by atoms with Crippen molar-refractivity contribution in [2.75, 3.05) is 5.32 Å². The van der Waals surface area contributed by atoms with Gasteiger partial charge in [0.1, 0.15) is 11.4 Å². The van der Waals surface area contributed by atoms with Crippen LogP contribution in [0, 0.1) is 11.7 Å². The molecule has 166 valence electrons. The third kappa shape index (κ3) is 3.27. The molecule has 0 saturated heterocycles. The number of nitrogens with one attached hydrogen (secondary N) is 2. The number of fused-ring (bicyclic) bond motifs is 2. The number of benzene rings is 1. The Kier molecular flexibility index (Phi) is 4.45. The van der Waals surface area contributed by atoms with Crippen LogP contribution in [-0.4, -0.2) is 35.6 Å². The van der Waals surface area contributed by atoms with Crippen molar-refractivity contribution in [1.82, 2.24) is 24.6 Å². The first-order valence-corrected chi connectivity index (χ1v) is 9.71. The van der Waals surface area contributed by atoms with Gasteiger partial charge >= 0.3 is 6.18 Å². The molecule has 32 heavy (non-hydrogen) atoms. The fourth-order valence-corrected chi connectivity index (χ4v) is 3.90. The van der Waals surface area contributed by atoms with E-state index in [4.69, 9.17) is 0 Å². The predicted molar refractivity (Wildman–Crippen MR) is 105 cm³/mol. The average molecular weight is 448 g/mol. The van der Waals surface area contributed by atoms with Crippen molar-refractivity contribution in [2.24, 2.45) is 5.92 Å². The molecule has 1 aromatic carbocycles. The number of aliphatic hydroxyl groups is 1. The molecule has 1 unspecified atom stereocenters. The van der Waals surface area contributed by atoms with Crippen LogP contribution < -0.4 is 5.32 Å². The van der Waals surface area contributed by atoms with E-state index in [9.17, 15) is 23.1 Å². The van der Waals surface area contributed by atoms with Crippen molar-refractivity contribution < 1.29 is 27.5 Å². The Morgan fingerprint density at radius 1 is 1.31 bits per heavy atom. The minimum atomic E-state index is -5.06. The molecular weight excluding hydrogens is 432 g/mol. The maximum Gasteiger partial charge on any atom is 0.419 e. The van der Waals surface area contributed by atoms with Crippen LogP contribution in [-0.2, 0) is 11.0 Å². The summed E-state index contributed by atoms with van der Waals surface area (Å²) in [5.41, 5.74) is -2.36. The number of anilines is 1. The Bertz CT molecular complexity index is 1370. The van der Waals surface area contributed by atoms with Crippen molar-refractivity contribution in [3.8, 4) is 11.3 Å². The van der Waals surface area contributed by atoms with Gasteiger partial charge in [0.15, 0.2) is 11.5 Å². The number of alkyl halides is 3. The van der Waals surface area contributed by atoms with Crippen molar-refractivity contribution in [2.45, 2.75) is 32.0 Å². The highest BCUT2D eigenvalue weighted by molar-refractivity contribution is 5.98. The molecule has 12 heteroatoms. The molecule has 1 saturated carbocycles. The number of carbonyl (C=O) groups excluding carboxylic acids is 1. The molecule has 1 aliphatic carbocycles. The number of carbonyl (C=O) groups is 1. The van der Waals surface area contributed by atoms with Gasteiger partial charge in [-0.1, -0.05) is 0 Å². The number of aliphatic hydroxyl groups excluding tert-OH is 1. The van der Waals surface area contributed by atoms with Gasteiger partial charge in [-0.25, -0.2) is 9.37 Å². The molecule has 0 spiro atoms. The molecule has 4 aromatic rings. The first-order valence-electron chi connectivity index (χ1n) is 9.71. The highest BCUT2D eigenvalue weighted by atomic mass is 19.4. The van der Waals surface area contributed by atoms with Crippen LogP contribution in [0.15, 0.2) is 24.8 Å². The topological polar surface area (TPSA) is 108 Å². The average Bonchev–Trinajstić information content (AvgIpc) is 3.31. The smallest absolute Gasteiger partial charge is 0.388 e. The van der Waals surface area contributed by atoms with Crippen LogP contribution in [0.4, 0.5) is 23.4 Å². The number of rotatable bonds is 4. The Labute approximate surface area is 177 Å². The van der Waals surface area contributed by atoms with Crippen LogP contribution in [0.2, 0.25) is 0 Å². The lowest BCUT2D eigenvalue weighted by Gasteiger charge is -2.20. The third-order valence-electron chi connectivity index (χ3n) is 5.43. The molecule has 0 aliphatic heterocycles. The summed E-state index contributed by atoms with van der Waals surface area (Å²) in [5, 5.41) is 19.3. The van der Waals surface area contributed by atoms with E-state index in [0.717, 1.165) is 6.20 Å². The van der Waals surface area contributed by atoms with Gasteiger partial charge in [0.25, 0.3) is 0 Å². The molecule has 5 rings (SSSR count). The van der Waals surface area contributed by atoms with E-state index in [1.54, 1.807) is 0 Å². The van der Waals surface area contributed by atoms with Crippen LogP contribution in [0.1, 0.15) is 37.0 Å². The number of aromatic amines is 1. The summed E-state index contributed by atoms with van der Waals surface area (Å²) in [6.45, 7) is 1.29. The summed E-state index contributed by atoms with van der Waals surface area (Å²) in [5.74, 6) is -2.02. The summed E-state index contributed by atoms with van der Waals surface area (Å²) < 4.78 is 59.1. The highest BCUT2D eigenvalue weighted by Gasteiger charge is 2.43. The van der Waals surface area contributed by atoms with Crippen LogP contribution in [0.25, 0.3) is 27.8 Å². The molecule has 3 aromatic heterocycles. The van der Waals surface area contributed by atoms with Gasteiger partial charge in [0.2, 0.25) is 5.91 Å². The maximum absolute atomic E-state index is 15.4. The zero-order valence-corrected chi connectivity index (χ0v) is 16.5. The normalized spacial score (nSPS) is 15.4. The summed E-state index contributed by atoms with van der Waals surface area (Å²) in [7, 11) is 0. The van der Waals surface area contributed by atoms with Crippen molar-refractivity contribution in [3.05, 3.63) is 41.7 Å². The van der Waals surface area contributed by atoms with Crippen LogP contribution in [0.3, 0.4) is 0 Å². The maximum atomic E-state index is 15.4. The summed E-state index contributed by atoms with van der Waals surface area (Å²) in [6, 6.07) is 0. The largest absolute Gasteiger partial charge is 0.419 e. The SMILES string of the molecule is CC(=O)Nc1cn2cc(-c3c(C(F)(F)F)c(F)c(C(O)C4CC4)c4[nH]ncc34)ncc2n1. The molecule has 8 nitrogen and oxygen atoms in total. The first-order chi connectivity index (χ1) is 15.1. The lowest BCUT2D eigenvalue weighted by atomic mass is 9.92. The number of nitrogens with zero attached hydrogens (tertiary/aromatic N) is 4. The van der Waals surface area contributed by atoms with E-state index < -0.39 is 34.8 Å². The number of imidazole rings is 1. The van der Waals surface area contributed by atoms with Gasteiger partial charge in [-0.05, 0) is 18.8 Å². The number of amides is 1. The van der Waals surface area contributed by atoms with Crippen molar-refractivity contribution >= 4 is 28.3 Å². The number of halogens is 4. The van der Waals surface area contributed by atoms with E-state index in [1.165, 1.54) is 29.9 Å². The molecule has 0 radical (unpaired) electrons. The first kappa shape index (κ1) is 20.4. The van der Waals surface area contributed by atoms with E-state index in [0.29, 0.717) is 12.8 Å². The quantitative estimate of drug-likeness (QED) is 0.411. The Morgan fingerprint density at radius 3 is 2.72 bits per heavy atom. The summed E-state index contributed by atoms with van der Waals surface area (Å²) in [4.78, 5) is 19.4. The standard InChI is InChI=1S/C20H16F4N6O2/c1-8(31)27-12-7-30-6-11(25-5-13(30)28-12)14-10-4-26-29-18(10)15(19(32)9-2-3-9)17(21)16(14)20(22,23)24/h4-7,9,19,32H,2-3H2,1H3,(H,26,29)(H,27,31). The van der Waals surface area contributed by atoms with E-state index in [1.807, 2.05) is 0 Å². The number of aromatic nitrogens is 5. The second kappa shape index (κ2) is 6.99. The monoisotopic (exact) mass is 448 g/mol. The zero-order chi connectivity index (χ0) is 22.8. The number of hydrogen-bond donors (Lipinski definition) is 3. The van der Waals surface area contributed by atoms with E-state index >= 15 is 4.39 Å². The molecule has 1 amide bonds. The predicted octanol–water partition coefficient (Wildman–Crippen LogP) is 3.83. The van der Waals surface area contributed by atoms with Crippen LogP contribution in [0.5, 0.6) is 0 Å². The Hall–Kier alpha value is -3.54. The second-order valence-electron chi connectivity index (χ2n) is 7.76. The number of hydrogen-bond acceptors (Lipinski definition) is 5. The van der Waals surface area contributed by atoms with Gasteiger partial charge in [0.05, 0.1) is 35.9 Å². The van der Waals surface area contributed by atoms with Gasteiger partial charge < -0.3 is 14.8 Å². The molecule has 1 fully saturated rings. The van der Waals surface area contributed by atoms with Gasteiger partial charge in [-0.15, -0.1) is 0 Å². The minimum absolute atomic E-state index is 0.00337. The van der Waals surface area contributed by atoms with Gasteiger partial charge in [0, 0.05) is 29.6 Å². The van der Waals surface area contributed by atoms with Gasteiger partial charge in [-0.2, -0.15) is 18.3 Å². The third-order valence-corrected chi connectivity index (χ3v) is 5.43. The van der Waals surface area contributed by atoms with E-state index in [-0.39, 0.29) is 39.9 Å². The van der Waals surface area contributed by atoms with E-state index in [2.05, 4.69) is 25.5 Å². The van der Waals surface area contributed by atoms with Crippen molar-refractivity contribution in [3.63, 3.8) is 0 Å². The Morgan fingerprint density at radius 2 is 2.06 bits per heavy atom. The molecular formula is C20H16F4N6O2. The van der Waals surface area contributed by atoms with Crippen molar-refractivity contribution in [1.29, 1.82) is 0 Å². The second-order valence-corrected chi connectivity index (χ2v) is 7.76. The van der Waals surface area contributed by atoms with Gasteiger partial charge in [-0.3, -0.25) is 14.9 Å². The minimum Gasteiger partial charge on any atom is -0.388 e. The molecule has 3 N–H and O–H groups in total. The number of H-pyrrole nitrogens is 1. The molecule has 1 atom stereocenters. The summed E-state index contributed by atoms with van der Waals surface area (Å²) in [6.07, 6.45) is -0.177. The van der Waals surface area contributed by atoms with Crippen LogP contribution >= 0.6 is 0 Å². The lowest BCUT2D eigenvalue weighted by molar-refractivity contribution is -0.139. The molecule has 0 bridgehead atoms.